The van der Waals surface area contributed by atoms with Gasteiger partial charge in [0.1, 0.15) is 0 Å². The van der Waals surface area contributed by atoms with Crippen LogP contribution in [0.25, 0.3) is 0 Å². The van der Waals surface area contributed by atoms with Crippen molar-refractivity contribution in [2.45, 2.75) is 41.0 Å². The van der Waals surface area contributed by atoms with Crippen molar-refractivity contribution < 1.29 is 4.79 Å². The monoisotopic (exact) mass is 209 g/mol. The van der Waals surface area contributed by atoms with Crippen molar-refractivity contribution in [3.8, 4) is 0 Å². The van der Waals surface area contributed by atoms with Gasteiger partial charge in [-0.3, -0.25) is 4.79 Å². The maximum Gasteiger partial charge on any atom is 0.216 e. The number of carbonyl (C=O) groups is 1. The van der Waals surface area contributed by atoms with Gasteiger partial charge in [0.2, 0.25) is 5.91 Å². The molecule has 86 valence electrons. The number of hydrogen-bond donors (Lipinski definition) is 1. The van der Waals surface area contributed by atoms with E-state index in [-0.39, 0.29) is 5.91 Å². The van der Waals surface area contributed by atoms with Crippen molar-refractivity contribution in [2.24, 2.45) is 5.41 Å². The van der Waals surface area contributed by atoms with Gasteiger partial charge in [-0.25, -0.2) is 0 Å². The van der Waals surface area contributed by atoms with E-state index < -0.39 is 0 Å². The van der Waals surface area contributed by atoms with Gasteiger partial charge in [0, 0.05) is 13.5 Å². The molecule has 0 spiro atoms. The van der Waals surface area contributed by atoms with Crippen molar-refractivity contribution >= 4 is 5.91 Å². The molecule has 0 aromatic rings. The fourth-order valence-corrected chi connectivity index (χ4v) is 0.993. The number of rotatable bonds is 2. The third-order valence-electron chi connectivity index (χ3n) is 2.04. The van der Waals surface area contributed by atoms with Gasteiger partial charge in [0.25, 0.3) is 0 Å². The van der Waals surface area contributed by atoms with E-state index in [1.165, 1.54) is 12.5 Å². The summed E-state index contributed by atoms with van der Waals surface area (Å²) in [6.07, 6.45) is 7.43. The van der Waals surface area contributed by atoms with Gasteiger partial charge in [-0.05, 0) is 17.4 Å². The number of amides is 1. The van der Waals surface area contributed by atoms with Crippen molar-refractivity contribution in [1.29, 1.82) is 0 Å². The maximum atomic E-state index is 10.1. The van der Waals surface area contributed by atoms with Crippen LogP contribution in [0.5, 0.6) is 0 Å². The normalized spacial score (nSPS) is 13.3. The van der Waals surface area contributed by atoms with Gasteiger partial charge in [0.05, 0.1) is 0 Å². The van der Waals surface area contributed by atoms with Crippen LogP contribution in [0.15, 0.2) is 23.8 Å². The van der Waals surface area contributed by atoms with Gasteiger partial charge in [-0.1, -0.05) is 45.9 Å². The van der Waals surface area contributed by atoms with E-state index in [1.54, 1.807) is 0 Å². The topological polar surface area (TPSA) is 29.1 Å². The van der Waals surface area contributed by atoms with Gasteiger partial charge in [0.15, 0.2) is 0 Å². The molecule has 1 rings (SSSR count). The smallest absolute Gasteiger partial charge is 0.216 e. The van der Waals surface area contributed by atoms with E-state index in [0.717, 1.165) is 13.0 Å². The van der Waals surface area contributed by atoms with E-state index >= 15 is 0 Å². The predicted octanol–water partition coefficient (Wildman–Crippen LogP) is 3.06. The molecule has 2 heteroatoms. The second kappa shape index (κ2) is 6.44. The van der Waals surface area contributed by atoms with E-state index in [9.17, 15) is 4.79 Å². The lowest BCUT2D eigenvalue weighted by Gasteiger charge is -2.23. The Morgan fingerprint density at radius 3 is 2.00 bits per heavy atom. The van der Waals surface area contributed by atoms with E-state index in [2.05, 4.69) is 44.3 Å². The molecular weight excluding hydrogens is 186 g/mol. The fraction of sp³-hybridized carbons (Fsp3) is 0.615. The average molecular weight is 209 g/mol. The number of allylic oxidation sites excluding steroid dienone is 4. The molecule has 0 aromatic heterocycles. The molecule has 0 fully saturated rings. The van der Waals surface area contributed by atoms with Gasteiger partial charge in [-0.2, -0.15) is 0 Å². The molecule has 0 heterocycles. The van der Waals surface area contributed by atoms with Gasteiger partial charge < -0.3 is 5.32 Å². The average Bonchev–Trinajstić information content (AvgIpc) is 1.95. The van der Waals surface area contributed by atoms with Crippen LogP contribution >= 0.6 is 0 Å². The zero-order valence-electron chi connectivity index (χ0n) is 10.6. The van der Waals surface area contributed by atoms with Crippen LogP contribution < -0.4 is 5.32 Å². The summed E-state index contributed by atoms with van der Waals surface area (Å²) in [7, 11) is 0. The second-order valence-corrected chi connectivity index (χ2v) is 4.71. The zero-order valence-corrected chi connectivity index (χ0v) is 10.6. The molecule has 0 saturated carbocycles. The Morgan fingerprint density at radius 1 is 1.40 bits per heavy atom. The standard InChI is InChI=1S/C8H12.C5H11NO/c1-8(2,3)7-5-4-6-7;1-3-4-6-5(2)7/h4-6H,1-3H3;3-4H2,1-2H3,(H,6,7). The Kier molecular flexibility index (Phi) is 5.99. The Hall–Kier alpha value is -1.05. The summed E-state index contributed by atoms with van der Waals surface area (Å²) in [5, 5.41) is 2.66. The summed E-state index contributed by atoms with van der Waals surface area (Å²) in [4.78, 5) is 10.1. The van der Waals surface area contributed by atoms with Crippen molar-refractivity contribution in [2.75, 3.05) is 6.54 Å². The molecule has 0 saturated heterocycles. The summed E-state index contributed by atoms with van der Waals surface area (Å²) >= 11 is 0. The van der Waals surface area contributed by atoms with E-state index in [1.807, 2.05) is 6.92 Å². The number of nitrogens with one attached hydrogen (secondary N) is 1. The lowest BCUT2D eigenvalue weighted by Crippen LogP contribution is -2.19. The summed E-state index contributed by atoms with van der Waals surface area (Å²) in [6, 6.07) is 0. The molecular formula is C13H23NO. The van der Waals surface area contributed by atoms with Gasteiger partial charge >= 0.3 is 0 Å². The highest BCUT2D eigenvalue weighted by atomic mass is 16.1. The SMILES string of the molecule is CC(C)(C)C1=CC=C1.CCCNC(C)=O. The van der Waals surface area contributed by atoms with Crippen LogP contribution in [0.3, 0.4) is 0 Å². The lowest BCUT2D eigenvalue weighted by molar-refractivity contribution is -0.118. The molecule has 0 bridgehead atoms. The summed E-state index contributed by atoms with van der Waals surface area (Å²) in [6.45, 7) is 11.0. The lowest BCUT2D eigenvalue weighted by atomic mass is 9.82. The first kappa shape index (κ1) is 13.9. The van der Waals surface area contributed by atoms with Crippen LogP contribution in [-0.2, 0) is 4.79 Å². The molecule has 0 radical (unpaired) electrons. The Labute approximate surface area is 93.5 Å². The Morgan fingerprint density at radius 2 is 1.93 bits per heavy atom. The first-order chi connectivity index (χ1) is 6.88. The molecule has 0 unspecified atom stereocenters. The minimum atomic E-state index is 0.0573. The molecule has 1 aliphatic rings. The van der Waals surface area contributed by atoms with E-state index in [4.69, 9.17) is 0 Å². The van der Waals surface area contributed by atoms with Crippen molar-refractivity contribution in [3.63, 3.8) is 0 Å². The molecule has 1 amide bonds. The number of hydrogen-bond acceptors (Lipinski definition) is 1. The molecule has 0 aliphatic heterocycles. The largest absolute Gasteiger partial charge is 0.356 e. The van der Waals surface area contributed by atoms with Crippen LogP contribution in [0.1, 0.15) is 41.0 Å². The third kappa shape index (κ3) is 6.95. The van der Waals surface area contributed by atoms with Crippen LogP contribution in [0, 0.1) is 5.41 Å². The third-order valence-corrected chi connectivity index (χ3v) is 2.04. The minimum Gasteiger partial charge on any atom is -0.356 e. The Bertz CT molecular complexity index is 256. The number of carbonyl (C=O) groups excluding carboxylic acids is 1. The second-order valence-electron chi connectivity index (χ2n) is 4.71. The maximum absolute atomic E-state index is 10.1. The van der Waals surface area contributed by atoms with Gasteiger partial charge in [-0.15, -0.1) is 0 Å². The fourth-order valence-electron chi connectivity index (χ4n) is 0.993. The molecule has 1 aliphatic carbocycles. The zero-order chi connectivity index (χ0) is 11.9. The summed E-state index contributed by atoms with van der Waals surface area (Å²) in [5.41, 5.74) is 1.83. The summed E-state index contributed by atoms with van der Waals surface area (Å²) < 4.78 is 0. The van der Waals surface area contributed by atoms with E-state index in [0.29, 0.717) is 5.41 Å². The highest BCUT2D eigenvalue weighted by Gasteiger charge is 2.15. The first-order valence-corrected chi connectivity index (χ1v) is 5.51. The van der Waals surface area contributed by atoms with Crippen molar-refractivity contribution in [3.05, 3.63) is 23.8 Å². The molecule has 15 heavy (non-hydrogen) atoms. The van der Waals surface area contributed by atoms with Crippen molar-refractivity contribution in [1.82, 2.24) is 5.32 Å². The summed E-state index contributed by atoms with van der Waals surface area (Å²) in [5.74, 6) is 0.0573. The molecule has 1 N–H and O–H groups in total. The minimum absolute atomic E-state index is 0.0573. The van der Waals surface area contributed by atoms with Crippen LogP contribution in [0.2, 0.25) is 0 Å². The molecule has 2 nitrogen and oxygen atoms in total. The van der Waals surface area contributed by atoms with Crippen LogP contribution in [0.4, 0.5) is 0 Å². The quantitative estimate of drug-likeness (QED) is 0.744. The highest BCUT2D eigenvalue weighted by Crippen LogP contribution is 2.29. The predicted molar refractivity (Wildman–Crippen MR) is 65.7 cm³/mol. The van der Waals surface area contributed by atoms with Crippen LogP contribution in [-0.4, -0.2) is 12.5 Å². The highest BCUT2D eigenvalue weighted by molar-refractivity contribution is 5.72. The first-order valence-electron chi connectivity index (χ1n) is 5.51. The molecule has 0 aromatic carbocycles. The Balaban J connectivity index is 0.000000265. The molecule has 0 atom stereocenters.